The predicted octanol–water partition coefficient (Wildman–Crippen LogP) is 2.58. The maximum absolute atomic E-state index is 13.2. The Morgan fingerprint density at radius 1 is 0.893 bits per heavy atom. The summed E-state index contributed by atoms with van der Waals surface area (Å²) in [5, 5.41) is 2.76. The van der Waals surface area contributed by atoms with Gasteiger partial charge in [-0.1, -0.05) is 48.5 Å². The SMILES string of the molecule is COCCN(CCOC)C(=O)/C(=C/c1ccccc1)NC(=O)c1ccccc1. The minimum absolute atomic E-state index is 0.201. The first-order valence-corrected chi connectivity index (χ1v) is 9.06. The van der Waals surface area contributed by atoms with Crippen LogP contribution in [0, 0.1) is 0 Å². The summed E-state index contributed by atoms with van der Waals surface area (Å²) in [5.41, 5.74) is 1.50. The van der Waals surface area contributed by atoms with Crippen LogP contribution in [-0.4, -0.2) is 57.2 Å². The van der Waals surface area contributed by atoms with Gasteiger partial charge in [-0.25, -0.2) is 0 Å². The van der Waals surface area contributed by atoms with Crippen molar-refractivity contribution in [1.82, 2.24) is 10.2 Å². The Bertz CT molecular complexity index is 768. The third-order valence-corrected chi connectivity index (χ3v) is 4.04. The molecule has 28 heavy (non-hydrogen) atoms. The molecule has 2 aromatic rings. The number of carbonyl (C=O) groups is 2. The van der Waals surface area contributed by atoms with Crippen LogP contribution in [0.25, 0.3) is 6.08 Å². The molecule has 148 valence electrons. The van der Waals surface area contributed by atoms with Gasteiger partial charge in [-0.05, 0) is 23.8 Å². The molecule has 0 aromatic heterocycles. The number of carbonyl (C=O) groups excluding carboxylic acids is 2. The lowest BCUT2D eigenvalue weighted by molar-refractivity contribution is -0.128. The van der Waals surface area contributed by atoms with Crippen molar-refractivity contribution in [3.8, 4) is 0 Å². The van der Waals surface area contributed by atoms with Crippen molar-refractivity contribution in [2.75, 3.05) is 40.5 Å². The Morgan fingerprint density at radius 2 is 1.43 bits per heavy atom. The number of ether oxygens (including phenoxy) is 2. The van der Waals surface area contributed by atoms with Gasteiger partial charge in [-0.3, -0.25) is 9.59 Å². The molecule has 2 amide bonds. The van der Waals surface area contributed by atoms with Gasteiger partial charge in [-0.2, -0.15) is 0 Å². The molecule has 0 radical (unpaired) electrons. The highest BCUT2D eigenvalue weighted by Gasteiger charge is 2.20. The Morgan fingerprint density at radius 3 is 1.96 bits per heavy atom. The molecule has 0 fully saturated rings. The number of hydrogen-bond donors (Lipinski definition) is 1. The van der Waals surface area contributed by atoms with Gasteiger partial charge >= 0.3 is 0 Å². The molecule has 0 aliphatic heterocycles. The normalized spacial score (nSPS) is 11.1. The zero-order chi connectivity index (χ0) is 20.2. The maximum atomic E-state index is 13.2. The van der Waals surface area contributed by atoms with E-state index < -0.39 is 0 Å². The van der Waals surface area contributed by atoms with Gasteiger partial charge < -0.3 is 19.7 Å². The summed E-state index contributed by atoms with van der Waals surface area (Å²) in [7, 11) is 3.16. The molecule has 1 N–H and O–H groups in total. The fourth-order valence-electron chi connectivity index (χ4n) is 2.54. The summed E-state index contributed by atoms with van der Waals surface area (Å²) in [6, 6.07) is 18.2. The Balaban J connectivity index is 2.29. The van der Waals surface area contributed by atoms with Crippen molar-refractivity contribution in [3.05, 3.63) is 77.5 Å². The van der Waals surface area contributed by atoms with Crippen LogP contribution in [0.1, 0.15) is 15.9 Å². The largest absolute Gasteiger partial charge is 0.383 e. The van der Waals surface area contributed by atoms with Crippen molar-refractivity contribution >= 4 is 17.9 Å². The van der Waals surface area contributed by atoms with Gasteiger partial charge in [-0.15, -0.1) is 0 Å². The van der Waals surface area contributed by atoms with E-state index in [9.17, 15) is 9.59 Å². The van der Waals surface area contributed by atoms with E-state index >= 15 is 0 Å². The van der Waals surface area contributed by atoms with Gasteiger partial charge in [0.05, 0.1) is 13.2 Å². The van der Waals surface area contributed by atoms with Crippen LogP contribution < -0.4 is 5.32 Å². The van der Waals surface area contributed by atoms with E-state index in [0.717, 1.165) is 5.56 Å². The number of nitrogens with one attached hydrogen (secondary N) is 1. The lowest BCUT2D eigenvalue weighted by Crippen LogP contribution is -2.41. The van der Waals surface area contributed by atoms with Gasteiger partial charge in [0.1, 0.15) is 5.70 Å². The van der Waals surface area contributed by atoms with Crippen molar-refractivity contribution in [3.63, 3.8) is 0 Å². The minimum atomic E-state index is -0.338. The molecule has 6 nitrogen and oxygen atoms in total. The number of benzene rings is 2. The molecular weight excluding hydrogens is 356 g/mol. The second-order valence-corrected chi connectivity index (χ2v) is 6.07. The summed E-state index contributed by atoms with van der Waals surface area (Å²) in [4.78, 5) is 27.4. The molecule has 0 heterocycles. The van der Waals surface area contributed by atoms with Crippen molar-refractivity contribution in [2.24, 2.45) is 0 Å². The predicted molar refractivity (Wildman–Crippen MR) is 109 cm³/mol. The second-order valence-electron chi connectivity index (χ2n) is 6.07. The van der Waals surface area contributed by atoms with Crippen molar-refractivity contribution in [2.45, 2.75) is 0 Å². The van der Waals surface area contributed by atoms with Crippen LogP contribution in [0.2, 0.25) is 0 Å². The second kappa shape index (κ2) is 11.7. The Hall–Kier alpha value is -2.96. The molecule has 0 saturated heterocycles. The van der Waals surface area contributed by atoms with Gasteiger partial charge in [0.25, 0.3) is 11.8 Å². The third-order valence-electron chi connectivity index (χ3n) is 4.04. The molecule has 0 bridgehead atoms. The fraction of sp³-hybridized carbons (Fsp3) is 0.273. The molecule has 0 spiro atoms. The molecule has 6 heteroatoms. The molecule has 2 aromatic carbocycles. The number of nitrogens with zero attached hydrogens (tertiary/aromatic N) is 1. The smallest absolute Gasteiger partial charge is 0.270 e. The zero-order valence-electron chi connectivity index (χ0n) is 16.3. The lowest BCUT2D eigenvalue weighted by atomic mass is 10.1. The van der Waals surface area contributed by atoms with Gasteiger partial charge in [0.15, 0.2) is 0 Å². The molecular formula is C22H26N2O4. The first-order chi connectivity index (χ1) is 13.7. The summed E-state index contributed by atoms with van der Waals surface area (Å²) in [6.45, 7) is 1.57. The number of methoxy groups -OCH3 is 2. The van der Waals surface area contributed by atoms with E-state index in [2.05, 4.69) is 5.32 Å². The van der Waals surface area contributed by atoms with Crippen LogP contribution in [0.5, 0.6) is 0 Å². The highest BCUT2D eigenvalue weighted by atomic mass is 16.5. The standard InChI is InChI=1S/C22H26N2O4/c1-27-15-13-24(14-16-28-2)22(26)20(17-18-9-5-3-6-10-18)23-21(25)19-11-7-4-8-12-19/h3-12,17H,13-16H2,1-2H3,(H,23,25)/b20-17-. The van der Waals surface area contributed by atoms with Gasteiger partial charge in [0.2, 0.25) is 0 Å². The number of amides is 2. The minimum Gasteiger partial charge on any atom is -0.383 e. The van der Waals surface area contributed by atoms with Crippen molar-refractivity contribution in [1.29, 1.82) is 0 Å². The van der Waals surface area contributed by atoms with Crippen LogP contribution in [0.3, 0.4) is 0 Å². The molecule has 0 unspecified atom stereocenters. The van der Waals surface area contributed by atoms with E-state index in [1.807, 2.05) is 36.4 Å². The van der Waals surface area contributed by atoms with Crippen LogP contribution in [0.4, 0.5) is 0 Å². The first-order valence-electron chi connectivity index (χ1n) is 9.06. The lowest BCUT2D eigenvalue weighted by Gasteiger charge is -2.23. The highest BCUT2D eigenvalue weighted by Crippen LogP contribution is 2.10. The number of hydrogen-bond acceptors (Lipinski definition) is 4. The van der Waals surface area contributed by atoms with E-state index in [-0.39, 0.29) is 17.5 Å². The maximum Gasteiger partial charge on any atom is 0.270 e. The molecule has 0 atom stereocenters. The van der Waals surface area contributed by atoms with Crippen molar-refractivity contribution < 1.29 is 19.1 Å². The number of rotatable bonds is 10. The van der Waals surface area contributed by atoms with Crippen LogP contribution >= 0.6 is 0 Å². The highest BCUT2D eigenvalue weighted by molar-refractivity contribution is 6.05. The average molecular weight is 382 g/mol. The summed E-state index contributed by atoms with van der Waals surface area (Å²) in [5.74, 6) is -0.628. The first kappa shape index (κ1) is 21.3. The van der Waals surface area contributed by atoms with E-state index in [4.69, 9.17) is 9.47 Å². The topological polar surface area (TPSA) is 67.9 Å². The molecule has 0 aliphatic carbocycles. The van der Waals surface area contributed by atoms with E-state index in [1.54, 1.807) is 49.5 Å². The van der Waals surface area contributed by atoms with Crippen LogP contribution in [-0.2, 0) is 14.3 Å². The van der Waals surface area contributed by atoms with E-state index in [1.165, 1.54) is 0 Å². The average Bonchev–Trinajstić information content (AvgIpc) is 2.74. The Labute approximate surface area is 165 Å². The third kappa shape index (κ3) is 6.64. The monoisotopic (exact) mass is 382 g/mol. The summed E-state index contributed by atoms with van der Waals surface area (Å²) >= 11 is 0. The van der Waals surface area contributed by atoms with Crippen LogP contribution in [0.15, 0.2) is 66.4 Å². The summed E-state index contributed by atoms with van der Waals surface area (Å²) < 4.78 is 10.2. The molecule has 0 aliphatic rings. The quantitative estimate of drug-likeness (QED) is 0.642. The van der Waals surface area contributed by atoms with E-state index in [0.29, 0.717) is 31.9 Å². The molecule has 2 rings (SSSR count). The van der Waals surface area contributed by atoms with Gasteiger partial charge in [0, 0.05) is 32.9 Å². The molecule has 0 saturated carbocycles. The Kier molecular flexibility index (Phi) is 8.91. The fourth-order valence-corrected chi connectivity index (χ4v) is 2.54. The summed E-state index contributed by atoms with van der Waals surface area (Å²) in [6.07, 6.45) is 1.68. The zero-order valence-corrected chi connectivity index (χ0v) is 16.3.